The first-order valence-electron chi connectivity index (χ1n) is 8.31. The molecule has 0 bridgehead atoms. The van der Waals surface area contributed by atoms with Crippen molar-refractivity contribution in [1.29, 1.82) is 0 Å². The number of anilines is 2. The molecule has 2 heterocycles. The Morgan fingerprint density at radius 1 is 1.16 bits per heavy atom. The van der Waals surface area contributed by atoms with Crippen LogP contribution in [-0.2, 0) is 4.79 Å². The first-order valence-corrected chi connectivity index (χ1v) is 8.31. The highest BCUT2D eigenvalue weighted by molar-refractivity contribution is 5.93. The lowest BCUT2D eigenvalue weighted by atomic mass is 10.3. The minimum absolute atomic E-state index is 0.168. The molecule has 1 fully saturated rings. The van der Waals surface area contributed by atoms with Gasteiger partial charge in [-0.25, -0.2) is 14.4 Å². The van der Waals surface area contributed by atoms with Gasteiger partial charge in [-0.2, -0.15) is 0 Å². The van der Waals surface area contributed by atoms with Gasteiger partial charge < -0.3 is 15.0 Å². The molecule has 1 aromatic carbocycles. The van der Waals surface area contributed by atoms with Crippen molar-refractivity contribution in [1.82, 2.24) is 9.97 Å². The minimum Gasteiger partial charge on any atom is -0.484 e. The highest BCUT2D eigenvalue weighted by Gasteiger charge is 2.18. The molecule has 0 saturated carbocycles. The van der Waals surface area contributed by atoms with Crippen molar-refractivity contribution >= 4 is 17.5 Å². The molecule has 1 saturated heterocycles. The molecular formula is C18H21FN4O2. The fraction of sp³-hybridized carbons (Fsp3) is 0.389. The summed E-state index contributed by atoms with van der Waals surface area (Å²) >= 11 is 0. The molecule has 7 heteroatoms. The van der Waals surface area contributed by atoms with Crippen molar-refractivity contribution in [2.75, 3.05) is 29.9 Å². The monoisotopic (exact) mass is 344 g/mol. The van der Waals surface area contributed by atoms with E-state index < -0.39 is 0 Å². The molecular weight excluding hydrogens is 323 g/mol. The molecule has 1 N–H and O–H groups in total. The Morgan fingerprint density at radius 2 is 1.76 bits per heavy atom. The summed E-state index contributed by atoms with van der Waals surface area (Å²) in [6.07, 6.45) is 2.31. The van der Waals surface area contributed by atoms with Crippen molar-refractivity contribution in [2.24, 2.45) is 0 Å². The molecule has 2 aromatic rings. The second kappa shape index (κ2) is 7.46. The van der Waals surface area contributed by atoms with E-state index in [1.807, 2.05) is 13.8 Å². The molecule has 0 unspecified atom stereocenters. The summed E-state index contributed by atoms with van der Waals surface area (Å²) in [4.78, 5) is 23.3. The molecule has 0 spiro atoms. The second-order valence-electron chi connectivity index (χ2n) is 6.05. The number of amides is 1. The average Bonchev–Trinajstić information content (AvgIpc) is 3.12. The Labute approximate surface area is 146 Å². The van der Waals surface area contributed by atoms with Gasteiger partial charge in [-0.1, -0.05) is 0 Å². The molecule has 6 nitrogen and oxygen atoms in total. The highest BCUT2D eigenvalue weighted by Crippen LogP contribution is 2.22. The zero-order chi connectivity index (χ0) is 17.8. The number of carbonyl (C=O) groups excluding carboxylic acids is 1. The third-order valence-electron chi connectivity index (χ3n) is 4.10. The van der Waals surface area contributed by atoms with Crippen LogP contribution in [0.4, 0.5) is 16.0 Å². The second-order valence-corrected chi connectivity index (χ2v) is 6.05. The topological polar surface area (TPSA) is 67.4 Å². The van der Waals surface area contributed by atoms with Gasteiger partial charge >= 0.3 is 0 Å². The van der Waals surface area contributed by atoms with E-state index >= 15 is 0 Å². The van der Waals surface area contributed by atoms with Crippen LogP contribution in [0, 0.1) is 19.7 Å². The Hall–Kier alpha value is -2.70. The standard InChI is InChI=1S/C18H21FN4O2/c1-12-17(13(2)21-18(20-12)23-9-3-4-10-23)22-16(24)11-25-15-7-5-14(19)6-8-15/h5-8H,3-4,9-11H2,1-2H3,(H,22,24). The summed E-state index contributed by atoms with van der Waals surface area (Å²) in [5, 5.41) is 2.80. The number of nitrogens with zero attached hydrogens (tertiary/aromatic N) is 3. The normalized spacial score (nSPS) is 13.8. The van der Waals surface area contributed by atoms with Gasteiger partial charge in [0.15, 0.2) is 6.61 Å². The number of hydrogen-bond donors (Lipinski definition) is 1. The maximum atomic E-state index is 12.9. The van der Waals surface area contributed by atoms with Gasteiger partial charge in [0, 0.05) is 13.1 Å². The predicted octanol–water partition coefficient (Wildman–Crippen LogP) is 2.85. The van der Waals surface area contributed by atoms with Gasteiger partial charge in [-0.3, -0.25) is 4.79 Å². The number of ether oxygens (including phenoxy) is 1. The summed E-state index contributed by atoms with van der Waals surface area (Å²) in [7, 11) is 0. The number of halogens is 1. The molecule has 0 radical (unpaired) electrons. The molecule has 1 aliphatic rings. The number of benzene rings is 1. The van der Waals surface area contributed by atoms with Crippen LogP contribution in [0.1, 0.15) is 24.2 Å². The largest absolute Gasteiger partial charge is 0.484 e. The van der Waals surface area contributed by atoms with E-state index in [0.29, 0.717) is 17.4 Å². The fourth-order valence-electron chi connectivity index (χ4n) is 2.79. The van der Waals surface area contributed by atoms with Crippen LogP contribution >= 0.6 is 0 Å². The van der Waals surface area contributed by atoms with Crippen LogP contribution in [0.5, 0.6) is 5.75 Å². The highest BCUT2D eigenvalue weighted by atomic mass is 19.1. The van der Waals surface area contributed by atoms with Crippen LogP contribution in [0.3, 0.4) is 0 Å². The molecule has 3 rings (SSSR count). The summed E-state index contributed by atoms with van der Waals surface area (Å²) < 4.78 is 18.2. The summed E-state index contributed by atoms with van der Waals surface area (Å²) in [5.41, 5.74) is 2.06. The van der Waals surface area contributed by atoms with Crippen molar-refractivity contribution < 1.29 is 13.9 Å². The maximum Gasteiger partial charge on any atom is 0.262 e. The minimum atomic E-state index is -0.349. The number of carbonyl (C=O) groups is 1. The molecule has 1 aromatic heterocycles. The number of aryl methyl sites for hydroxylation is 2. The summed E-state index contributed by atoms with van der Waals surface area (Å²) in [6, 6.07) is 5.53. The Kier molecular flexibility index (Phi) is 5.11. The zero-order valence-corrected chi connectivity index (χ0v) is 14.4. The van der Waals surface area contributed by atoms with Gasteiger partial charge in [-0.15, -0.1) is 0 Å². The zero-order valence-electron chi connectivity index (χ0n) is 14.4. The Balaban J connectivity index is 1.63. The lowest BCUT2D eigenvalue weighted by molar-refractivity contribution is -0.118. The molecule has 25 heavy (non-hydrogen) atoms. The Bertz CT molecular complexity index is 735. The van der Waals surface area contributed by atoms with E-state index in [2.05, 4.69) is 20.2 Å². The smallest absolute Gasteiger partial charge is 0.262 e. The summed E-state index contributed by atoms with van der Waals surface area (Å²) in [5.74, 6) is 0.491. The van der Waals surface area contributed by atoms with Crippen LogP contribution in [-0.4, -0.2) is 35.6 Å². The molecule has 1 amide bonds. The first kappa shape index (κ1) is 17.1. The van der Waals surface area contributed by atoms with Gasteiger partial charge in [0.1, 0.15) is 11.6 Å². The maximum absolute atomic E-state index is 12.9. The number of aromatic nitrogens is 2. The Morgan fingerprint density at radius 3 is 2.36 bits per heavy atom. The van der Waals surface area contributed by atoms with E-state index in [0.717, 1.165) is 37.3 Å². The van der Waals surface area contributed by atoms with Crippen molar-refractivity contribution in [3.05, 3.63) is 41.5 Å². The third kappa shape index (κ3) is 4.23. The van der Waals surface area contributed by atoms with Crippen molar-refractivity contribution in [3.8, 4) is 5.75 Å². The van der Waals surface area contributed by atoms with Gasteiger partial charge in [0.05, 0.1) is 17.1 Å². The van der Waals surface area contributed by atoms with E-state index in [9.17, 15) is 9.18 Å². The molecule has 1 aliphatic heterocycles. The van der Waals surface area contributed by atoms with Crippen molar-refractivity contribution in [2.45, 2.75) is 26.7 Å². The fourth-order valence-corrected chi connectivity index (χ4v) is 2.79. The number of nitrogens with one attached hydrogen (secondary N) is 1. The van der Waals surface area contributed by atoms with E-state index in [-0.39, 0.29) is 18.3 Å². The van der Waals surface area contributed by atoms with Crippen molar-refractivity contribution in [3.63, 3.8) is 0 Å². The quantitative estimate of drug-likeness (QED) is 0.903. The van der Waals surface area contributed by atoms with Crippen LogP contribution in [0.2, 0.25) is 0 Å². The van der Waals surface area contributed by atoms with E-state index in [4.69, 9.17) is 4.74 Å². The predicted molar refractivity (Wildman–Crippen MR) is 93.5 cm³/mol. The lowest BCUT2D eigenvalue weighted by Crippen LogP contribution is -2.24. The lowest BCUT2D eigenvalue weighted by Gasteiger charge is -2.18. The van der Waals surface area contributed by atoms with Gasteiger partial charge in [-0.05, 0) is 51.0 Å². The van der Waals surface area contributed by atoms with E-state index in [1.54, 1.807) is 0 Å². The van der Waals surface area contributed by atoms with E-state index in [1.165, 1.54) is 24.3 Å². The first-order chi connectivity index (χ1) is 12.0. The SMILES string of the molecule is Cc1nc(N2CCCC2)nc(C)c1NC(=O)COc1ccc(F)cc1. The van der Waals surface area contributed by atoms with Crippen LogP contribution in [0.15, 0.2) is 24.3 Å². The number of hydrogen-bond acceptors (Lipinski definition) is 5. The summed E-state index contributed by atoms with van der Waals surface area (Å²) in [6.45, 7) is 5.47. The number of rotatable bonds is 5. The van der Waals surface area contributed by atoms with Crippen LogP contribution in [0.25, 0.3) is 0 Å². The van der Waals surface area contributed by atoms with Gasteiger partial charge in [0.2, 0.25) is 5.95 Å². The average molecular weight is 344 g/mol. The molecule has 132 valence electrons. The molecule has 0 aliphatic carbocycles. The molecule has 0 atom stereocenters. The van der Waals surface area contributed by atoms with Crippen LogP contribution < -0.4 is 15.0 Å². The third-order valence-corrected chi connectivity index (χ3v) is 4.10. The van der Waals surface area contributed by atoms with Gasteiger partial charge in [0.25, 0.3) is 5.91 Å².